The molecule has 4 rings (SSSR count). The lowest BCUT2D eigenvalue weighted by Gasteiger charge is -2.53. The second-order valence-electron chi connectivity index (χ2n) is 9.93. The van der Waals surface area contributed by atoms with Crippen molar-refractivity contribution in [1.29, 1.82) is 0 Å². The molecule has 1 fully saturated rings. The van der Waals surface area contributed by atoms with Crippen LogP contribution in [0.25, 0.3) is 0 Å². The number of aliphatic hydroxyl groups excluding tert-OH is 1. The third kappa shape index (κ3) is 4.74. The van der Waals surface area contributed by atoms with Crippen LogP contribution in [-0.2, 0) is 16.0 Å². The van der Waals surface area contributed by atoms with Crippen molar-refractivity contribution in [3.8, 4) is 0 Å². The first-order valence-corrected chi connectivity index (χ1v) is 12.7. The van der Waals surface area contributed by atoms with Gasteiger partial charge in [0.1, 0.15) is 0 Å². The van der Waals surface area contributed by atoms with E-state index in [9.17, 15) is 14.7 Å². The minimum Gasteiger partial charge on any atom is -0.392 e. The molecule has 2 aromatic heterocycles. The Kier molecular flexibility index (Phi) is 7.35. The number of hydrogen-bond donors (Lipinski definition) is 3. The molecule has 2 heterocycles. The van der Waals surface area contributed by atoms with Gasteiger partial charge in [-0.1, -0.05) is 20.8 Å². The Bertz CT molecular complexity index is 1030. The average Bonchev–Trinajstić information content (AvgIpc) is 3.21. The maximum Gasteiger partial charge on any atom is 0.257 e. The molecule has 8 nitrogen and oxygen atoms in total. The van der Waals surface area contributed by atoms with Gasteiger partial charge in [0.2, 0.25) is 5.91 Å². The highest BCUT2D eigenvalue weighted by Crippen LogP contribution is 2.57. The molecule has 2 amide bonds. The molecule has 0 radical (unpaired) electrons. The first-order chi connectivity index (χ1) is 16.2. The van der Waals surface area contributed by atoms with Crippen LogP contribution < -0.4 is 10.6 Å². The van der Waals surface area contributed by atoms with Gasteiger partial charge in [-0.2, -0.15) is 0 Å². The van der Waals surface area contributed by atoms with Crippen LogP contribution in [0.3, 0.4) is 0 Å². The number of ether oxygens (including phenoxy) is 1. The van der Waals surface area contributed by atoms with Crippen molar-refractivity contribution in [2.75, 3.05) is 25.6 Å². The number of fused-ring (bicyclic) bond motifs is 2. The predicted octanol–water partition coefficient (Wildman–Crippen LogP) is 3.24. The largest absolute Gasteiger partial charge is 0.392 e. The number of hydrogen-bond acceptors (Lipinski definition) is 7. The van der Waals surface area contributed by atoms with Gasteiger partial charge in [0.15, 0.2) is 5.13 Å². The fraction of sp³-hybridized carbons (Fsp3) is 0.600. The van der Waals surface area contributed by atoms with Gasteiger partial charge < -0.3 is 15.2 Å². The Morgan fingerprint density at radius 2 is 2.09 bits per heavy atom. The quantitative estimate of drug-likeness (QED) is 0.518. The van der Waals surface area contributed by atoms with E-state index in [0.29, 0.717) is 23.8 Å². The molecule has 184 valence electrons. The third-order valence-corrected chi connectivity index (χ3v) is 8.73. The topological polar surface area (TPSA) is 113 Å². The molecule has 3 N–H and O–H groups in total. The summed E-state index contributed by atoms with van der Waals surface area (Å²) in [6.07, 6.45) is 5.15. The maximum atomic E-state index is 12.7. The number of carbonyl (C=O) groups excluding carboxylic acids is 2. The highest BCUT2D eigenvalue weighted by atomic mass is 32.1. The predicted molar refractivity (Wildman–Crippen MR) is 131 cm³/mol. The number of nitrogens with zero attached hydrogens (tertiary/aromatic N) is 2. The SMILES string of the molecule is COCCNC(=O)[C@@H](C)[C@H]1CC[C@]2(C)Cc3sc(NC(=O)c4ccncc4)nc3[C@@H](C)[C@@H]2[C@H]1O. The Balaban J connectivity index is 1.51. The summed E-state index contributed by atoms with van der Waals surface area (Å²) in [5, 5.41) is 17.9. The molecule has 0 aliphatic heterocycles. The van der Waals surface area contributed by atoms with Gasteiger partial charge >= 0.3 is 0 Å². The van der Waals surface area contributed by atoms with Crippen molar-refractivity contribution in [3.05, 3.63) is 40.7 Å². The lowest BCUT2D eigenvalue weighted by molar-refractivity contribution is -0.135. The van der Waals surface area contributed by atoms with Crippen LogP contribution in [0.5, 0.6) is 0 Å². The highest BCUT2D eigenvalue weighted by molar-refractivity contribution is 7.15. The number of aliphatic hydroxyl groups is 1. The summed E-state index contributed by atoms with van der Waals surface area (Å²) in [6, 6.07) is 3.34. The normalized spacial score (nSPS) is 29.0. The van der Waals surface area contributed by atoms with Gasteiger partial charge in [0.25, 0.3) is 5.91 Å². The number of anilines is 1. The van der Waals surface area contributed by atoms with Gasteiger partial charge in [-0.3, -0.25) is 19.9 Å². The van der Waals surface area contributed by atoms with Crippen LogP contribution in [-0.4, -0.2) is 53.3 Å². The van der Waals surface area contributed by atoms with E-state index in [1.807, 2.05) is 6.92 Å². The van der Waals surface area contributed by atoms with Gasteiger partial charge in [0, 0.05) is 48.3 Å². The molecule has 2 aliphatic carbocycles. The molecule has 2 aliphatic rings. The first-order valence-electron chi connectivity index (χ1n) is 11.9. The van der Waals surface area contributed by atoms with Gasteiger partial charge in [-0.05, 0) is 48.6 Å². The van der Waals surface area contributed by atoms with Crippen LogP contribution in [0.2, 0.25) is 0 Å². The summed E-state index contributed by atoms with van der Waals surface area (Å²) < 4.78 is 5.02. The van der Waals surface area contributed by atoms with E-state index in [1.165, 1.54) is 16.2 Å². The zero-order valence-corrected chi connectivity index (χ0v) is 21.0. The lowest BCUT2D eigenvalue weighted by atomic mass is 9.53. The van der Waals surface area contributed by atoms with E-state index in [-0.39, 0.29) is 40.9 Å². The van der Waals surface area contributed by atoms with Crippen LogP contribution in [0.1, 0.15) is 60.5 Å². The number of carbonyl (C=O) groups is 2. The summed E-state index contributed by atoms with van der Waals surface area (Å²) in [6.45, 7) is 7.21. The molecule has 2 aromatic rings. The van der Waals surface area contributed by atoms with E-state index < -0.39 is 6.10 Å². The monoisotopic (exact) mass is 486 g/mol. The minimum absolute atomic E-state index is 0.00109. The molecule has 0 aromatic carbocycles. The third-order valence-electron chi connectivity index (χ3n) is 7.75. The summed E-state index contributed by atoms with van der Waals surface area (Å²) in [5.41, 5.74) is 1.41. The van der Waals surface area contributed by atoms with E-state index in [2.05, 4.69) is 29.5 Å². The fourth-order valence-electron chi connectivity index (χ4n) is 5.90. The molecule has 0 unspecified atom stereocenters. The van der Waals surface area contributed by atoms with E-state index in [1.54, 1.807) is 31.6 Å². The Hall–Kier alpha value is -2.36. The van der Waals surface area contributed by atoms with Crippen LogP contribution in [0.4, 0.5) is 5.13 Å². The summed E-state index contributed by atoms with van der Waals surface area (Å²) in [4.78, 5) is 35.2. The second-order valence-corrected chi connectivity index (χ2v) is 11.0. The van der Waals surface area contributed by atoms with Crippen LogP contribution in [0.15, 0.2) is 24.5 Å². The maximum absolute atomic E-state index is 12.7. The van der Waals surface area contributed by atoms with Crippen molar-refractivity contribution in [2.45, 2.75) is 52.1 Å². The average molecular weight is 487 g/mol. The van der Waals surface area contributed by atoms with E-state index >= 15 is 0 Å². The molecule has 34 heavy (non-hydrogen) atoms. The fourth-order valence-corrected chi connectivity index (χ4v) is 7.16. The zero-order valence-electron chi connectivity index (χ0n) is 20.2. The Morgan fingerprint density at radius 1 is 1.35 bits per heavy atom. The summed E-state index contributed by atoms with van der Waals surface area (Å²) in [5.74, 6) is -0.608. The van der Waals surface area contributed by atoms with Gasteiger partial charge in [0.05, 0.1) is 18.4 Å². The molecule has 0 spiro atoms. The lowest BCUT2D eigenvalue weighted by Crippen LogP contribution is -2.53. The molecule has 0 saturated heterocycles. The Morgan fingerprint density at radius 3 is 2.79 bits per heavy atom. The Labute approximate surface area is 204 Å². The number of pyridine rings is 1. The van der Waals surface area contributed by atoms with Crippen molar-refractivity contribution in [1.82, 2.24) is 15.3 Å². The molecule has 1 saturated carbocycles. The molecule has 9 heteroatoms. The summed E-state index contributed by atoms with van der Waals surface area (Å²) in [7, 11) is 1.61. The smallest absolute Gasteiger partial charge is 0.257 e. The van der Waals surface area contributed by atoms with Crippen molar-refractivity contribution in [3.63, 3.8) is 0 Å². The number of thiazole rings is 1. The number of methoxy groups -OCH3 is 1. The second kappa shape index (κ2) is 10.1. The van der Waals surface area contributed by atoms with Crippen molar-refractivity contribution >= 4 is 28.3 Å². The first kappa shape index (κ1) is 24.8. The number of rotatable bonds is 7. The zero-order chi connectivity index (χ0) is 24.5. The standard InChI is InChI=1S/C25H34N4O4S/c1-14(22(31)27-11-12-33-4)17-5-8-25(3)13-18-20(15(2)19(25)21(17)30)28-24(34-18)29-23(32)16-6-9-26-10-7-16/h6-7,9-10,14-15,17,19,21,30H,5,8,11-13H2,1-4H3,(H,27,31)(H,28,29,32)/t14-,15-,17+,19+,21-,25+/m0/s1. The van der Waals surface area contributed by atoms with E-state index in [0.717, 1.165) is 25.0 Å². The van der Waals surface area contributed by atoms with Gasteiger partial charge in [-0.25, -0.2) is 4.98 Å². The highest BCUT2D eigenvalue weighted by Gasteiger charge is 2.53. The number of aromatic nitrogens is 2. The van der Waals surface area contributed by atoms with Gasteiger partial charge in [-0.15, -0.1) is 11.3 Å². The molecule has 0 bridgehead atoms. The van der Waals surface area contributed by atoms with Crippen LogP contribution >= 0.6 is 11.3 Å². The molecular weight excluding hydrogens is 452 g/mol. The van der Waals surface area contributed by atoms with Crippen LogP contribution in [0, 0.1) is 23.2 Å². The molecular formula is C25H34N4O4S. The minimum atomic E-state index is -0.596. The van der Waals surface area contributed by atoms with Crippen molar-refractivity contribution < 1.29 is 19.4 Å². The molecule has 6 atom stereocenters. The number of nitrogens with one attached hydrogen (secondary N) is 2. The van der Waals surface area contributed by atoms with E-state index in [4.69, 9.17) is 9.72 Å². The number of amides is 2. The summed E-state index contributed by atoms with van der Waals surface area (Å²) >= 11 is 1.52. The van der Waals surface area contributed by atoms with Crippen molar-refractivity contribution in [2.24, 2.45) is 23.2 Å².